The van der Waals surface area contributed by atoms with Gasteiger partial charge in [-0.1, -0.05) is 0 Å². The van der Waals surface area contributed by atoms with Crippen LogP contribution in [0.5, 0.6) is 0 Å². The number of nitrogens with zero attached hydrogens (tertiary/aromatic N) is 1. The van der Waals surface area contributed by atoms with Crippen LogP contribution in [-0.2, 0) is 4.74 Å². The van der Waals surface area contributed by atoms with Gasteiger partial charge in [0.05, 0.1) is 5.54 Å². The number of hydrogen-bond acceptors (Lipinski definition) is 4. The van der Waals surface area contributed by atoms with Gasteiger partial charge < -0.3 is 15.4 Å². The predicted molar refractivity (Wildman–Crippen MR) is 87.0 cm³/mol. The van der Waals surface area contributed by atoms with Crippen LogP contribution < -0.4 is 10.6 Å². The zero-order valence-electron chi connectivity index (χ0n) is 14.5. The fourth-order valence-corrected chi connectivity index (χ4v) is 2.46. The maximum Gasteiger partial charge on any atom is 0.407 e. The lowest BCUT2D eigenvalue weighted by atomic mass is 9.95. The number of carbonyl (C=O) groups is 2. The molecular weight excluding hydrogens is 313 g/mol. The molecule has 1 aliphatic carbocycles. The lowest BCUT2D eigenvalue weighted by Gasteiger charge is -2.32. The summed E-state index contributed by atoms with van der Waals surface area (Å²) in [6.45, 7) is 7.47. The highest BCUT2D eigenvalue weighted by atomic mass is 19.1. The second kappa shape index (κ2) is 6.75. The first-order valence-corrected chi connectivity index (χ1v) is 8.00. The van der Waals surface area contributed by atoms with E-state index in [-0.39, 0.29) is 18.0 Å². The van der Waals surface area contributed by atoms with E-state index in [4.69, 9.17) is 4.74 Å². The molecule has 2 amide bonds. The number of halogens is 1. The number of pyridine rings is 1. The van der Waals surface area contributed by atoms with Gasteiger partial charge in [0.25, 0.3) is 5.91 Å². The van der Waals surface area contributed by atoms with Gasteiger partial charge in [0.1, 0.15) is 5.60 Å². The normalized spacial score (nSPS) is 16.9. The summed E-state index contributed by atoms with van der Waals surface area (Å²) >= 11 is 0. The molecule has 2 rings (SSSR count). The van der Waals surface area contributed by atoms with Crippen molar-refractivity contribution in [2.24, 2.45) is 5.92 Å². The van der Waals surface area contributed by atoms with Crippen molar-refractivity contribution in [1.29, 1.82) is 0 Å². The van der Waals surface area contributed by atoms with Crippen LogP contribution in [-0.4, -0.2) is 34.7 Å². The van der Waals surface area contributed by atoms with E-state index in [2.05, 4.69) is 15.6 Å². The number of carbonyl (C=O) groups excluding carboxylic acids is 2. The highest BCUT2D eigenvalue weighted by Gasteiger charge is 2.43. The highest BCUT2D eigenvalue weighted by Crippen LogP contribution is 2.39. The van der Waals surface area contributed by atoms with Crippen LogP contribution in [0.4, 0.5) is 9.18 Å². The topological polar surface area (TPSA) is 80.3 Å². The molecule has 7 heteroatoms. The maximum absolute atomic E-state index is 13.2. The number of amides is 2. The summed E-state index contributed by atoms with van der Waals surface area (Å²) in [5, 5.41) is 5.62. The van der Waals surface area contributed by atoms with Gasteiger partial charge in [-0.3, -0.25) is 4.79 Å². The molecule has 1 saturated carbocycles. The second-order valence-electron chi connectivity index (χ2n) is 7.37. The summed E-state index contributed by atoms with van der Waals surface area (Å²) < 4.78 is 18.4. The predicted octanol–water partition coefficient (Wildman–Crippen LogP) is 2.64. The molecule has 132 valence electrons. The van der Waals surface area contributed by atoms with E-state index < -0.39 is 29.1 Å². The third-order valence-corrected chi connectivity index (χ3v) is 3.87. The molecule has 0 radical (unpaired) electrons. The number of ether oxygens (including phenoxy) is 1. The molecule has 24 heavy (non-hydrogen) atoms. The third-order valence-electron chi connectivity index (χ3n) is 3.87. The van der Waals surface area contributed by atoms with Crippen LogP contribution in [0.25, 0.3) is 0 Å². The molecule has 6 nitrogen and oxygen atoms in total. The lowest BCUT2D eigenvalue weighted by Crippen LogP contribution is -2.55. The average molecular weight is 337 g/mol. The van der Waals surface area contributed by atoms with E-state index in [1.807, 2.05) is 6.92 Å². The minimum Gasteiger partial charge on any atom is -0.444 e. The Bertz CT molecular complexity index is 626. The monoisotopic (exact) mass is 337 g/mol. The Kier molecular flexibility index (Phi) is 5.11. The smallest absolute Gasteiger partial charge is 0.407 e. The van der Waals surface area contributed by atoms with Crippen LogP contribution in [0.15, 0.2) is 18.3 Å². The van der Waals surface area contributed by atoms with E-state index in [0.29, 0.717) is 0 Å². The lowest BCUT2D eigenvalue weighted by molar-refractivity contribution is 0.0502. The van der Waals surface area contributed by atoms with Crippen LogP contribution in [0.1, 0.15) is 50.9 Å². The zero-order chi connectivity index (χ0) is 18.0. The minimum absolute atomic E-state index is 0.201. The van der Waals surface area contributed by atoms with Crippen molar-refractivity contribution in [3.63, 3.8) is 0 Å². The van der Waals surface area contributed by atoms with Gasteiger partial charge in [-0.15, -0.1) is 0 Å². The minimum atomic E-state index is -0.706. The maximum atomic E-state index is 13.2. The fraction of sp³-hybridized carbons (Fsp3) is 0.588. The molecule has 1 fully saturated rings. The molecule has 1 aromatic heterocycles. The summed E-state index contributed by atoms with van der Waals surface area (Å²) in [7, 11) is 0. The molecule has 1 aromatic rings. The van der Waals surface area contributed by atoms with Crippen LogP contribution in [0, 0.1) is 11.9 Å². The van der Waals surface area contributed by atoms with Crippen LogP contribution in [0.3, 0.4) is 0 Å². The van der Waals surface area contributed by atoms with E-state index >= 15 is 0 Å². The average Bonchev–Trinajstić information content (AvgIpc) is 3.28. The molecule has 1 atom stereocenters. The Hall–Kier alpha value is -2.18. The Morgan fingerprint density at radius 2 is 2.00 bits per heavy atom. The van der Waals surface area contributed by atoms with E-state index in [9.17, 15) is 14.0 Å². The van der Waals surface area contributed by atoms with Crippen molar-refractivity contribution in [2.45, 2.75) is 51.7 Å². The molecule has 0 unspecified atom stereocenters. The fourth-order valence-electron chi connectivity index (χ4n) is 2.46. The van der Waals surface area contributed by atoms with Crippen molar-refractivity contribution >= 4 is 12.0 Å². The third kappa shape index (κ3) is 5.18. The van der Waals surface area contributed by atoms with Gasteiger partial charge >= 0.3 is 6.09 Å². The van der Waals surface area contributed by atoms with Crippen molar-refractivity contribution in [2.75, 3.05) is 6.54 Å². The van der Waals surface area contributed by atoms with Crippen LogP contribution >= 0.6 is 0 Å². The molecule has 0 saturated heterocycles. The van der Waals surface area contributed by atoms with Gasteiger partial charge in [0, 0.05) is 24.4 Å². The van der Waals surface area contributed by atoms with Crippen molar-refractivity contribution in [3.05, 3.63) is 29.8 Å². The van der Waals surface area contributed by atoms with Crippen LogP contribution in [0.2, 0.25) is 0 Å². The molecule has 2 N–H and O–H groups in total. The first-order valence-electron chi connectivity index (χ1n) is 8.00. The molecular formula is C17H24FN3O3. The molecule has 1 aliphatic rings. The highest BCUT2D eigenvalue weighted by molar-refractivity contribution is 5.94. The van der Waals surface area contributed by atoms with Gasteiger partial charge in [0.15, 0.2) is 0 Å². The molecule has 0 aliphatic heterocycles. The summed E-state index contributed by atoms with van der Waals surface area (Å²) in [6.07, 6.45) is 2.66. The molecule has 0 bridgehead atoms. The summed E-state index contributed by atoms with van der Waals surface area (Å²) in [5.74, 6) is -0.831. The number of hydrogen-bond donors (Lipinski definition) is 2. The SMILES string of the molecule is CC(C)(C)OC(=O)NC[C@](C)(NC(=O)c1ccnc(F)c1)C1CC1. The van der Waals surface area contributed by atoms with Gasteiger partial charge in [-0.25, -0.2) is 9.78 Å². The zero-order valence-corrected chi connectivity index (χ0v) is 14.5. The van der Waals surface area contributed by atoms with Gasteiger partial charge in [-0.2, -0.15) is 4.39 Å². The molecule has 0 spiro atoms. The first-order chi connectivity index (χ1) is 11.1. The van der Waals surface area contributed by atoms with Gasteiger partial charge in [0.2, 0.25) is 5.95 Å². The Morgan fingerprint density at radius 1 is 1.33 bits per heavy atom. The Labute approximate surface area is 141 Å². The number of nitrogens with one attached hydrogen (secondary N) is 2. The van der Waals surface area contributed by atoms with Gasteiger partial charge in [-0.05, 0) is 52.5 Å². The number of aromatic nitrogens is 1. The van der Waals surface area contributed by atoms with E-state index in [0.717, 1.165) is 18.9 Å². The number of alkyl carbamates (subject to hydrolysis) is 1. The molecule has 0 aromatic carbocycles. The van der Waals surface area contributed by atoms with Crippen molar-refractivity contribution in [3.8, 4) is 0 Å². The Morgan fingerprint density at radius 3 is 2.54 bits per heavy atom. The number of rotatable bonds is 5. The first kappa shape index (κ1) is 18.2. The summed E-state index contributed by atoms with van der Waals surface area (Å²) in [4.78, 5) is 27.7. The largest absolute Gasteiger partial charge is 0.444 e. The standard InChI is InChI=1S/C17H24FN3O3/c1-16(2,3)24-15(23)20-10-17(4,12-5-6-12)21-14(22)11-7-8-19-13(18)9-11/h7-9,12H,5-6,10H2,1-4H3,(H,20,23)(H,21,22)/t17-/m0/s1. The van der Waals surface area contributed by atoms with Crippen molar-refractivity contribution < 1.29 is 18.7 Å². The van der Waals surface area contributed by atoms with E-state index in [1.54, 1.807) is 20.8 Å². The quantitative estimate of drug-likeness (QED) is 0.810. The van der Waals surface area contributed by atoms with Crippen molar-refractivity contribution in [1.82, 2.24) is 15.6 Å². The second-order valence-corrected chi connectivity index (χ2v) is 7.37. The van der Waals surface area contributed by atoms with E-state index in [1.165, 1.54) is 12.3 Å². The summed E-state index contributed by atoms with van der Waals surface area (Å²) in [6, 6.07) is 2.54. The molecule has 1 heterocycles. The Balaban J connectivity index is 2.00. The summed E-state index contributed by atoms with van der Waals surface area (Å²) in [5.41, 5.74) is -1.00.